The van der Waals surface area contributed by atoms with Crippen molar-refractivity contribution in [1.29, 1.82) is 0 Å². The average Bonchev–Trinajstić information content (AvgIpc) is 2.79. The number of oxime groups is 1. The predicted octanol–water partition coefficient (Wildman–Crippen LogP) is 5.70. The molecule has 1 aromatic carbocycles. The lowest BCUT2D eigenvalue weighted by Crippen LogP contribution is -2.28. The molecule has 0 amide bonds. The van der Waals surface area contributed by atoms with E-state index >= 15 is 0 Å². The number of hydrogen-bond donors (Lipinski definition) is 2. The largest absolute Gasteiger partial charge is 0.491 e. The summed E-state index contributed by atoms with van der Waals surface area (Å²) in [5.74, 6) is 0.965. The summed E-state index contributed by atoms with van der Waals surface area (Å²) < 4.78 is 17.9. The van der Waals surface area contributed by atoms with Gasteiger partial charge in [-0.15, -0.1) is 0 Å². The predicted molar refractivity (Wildman–Crippen MR) is 127 cm³/mol. The first kappa shape index (κ1) is 27.2. The lowest BCUT2D eigenvalue weighted by molar-refractivity contribution is -0.0389. The lowest BCUT2D eigenvalue weighted by Gasteiger charge is -2.19. The van der Waals surface area contributed by atoms with Gasteiger partial charge in [-0.05, 0) is 30.5 Å². The molecule has 6 heteroatoms. The number of benzene rings is 1. The van der Waals surface area contributed by atoms with Crippen molar-refractivity contribution in [3.05, 3.63) is 29.8 Å². The van der Waals surface area contributed by atoms with Gasteiger partial charge in [-0.1, -0.05) is 82.5 Å². The van der Waals surface area contributed by atoms with Crippen LogP contribution in [-0.4, -0.2) is 43.6 Å². The average molecular weight is 437 g/mol. The van der Waals surface area contributed by atoms with Gasteiger partial charge in [0.05, 0.1) is 6.61 Å². The molecule has 31 heavy (non-hydrogen) atoms. The van der Waals surface area contributed by atoms with Crippen LogP contribution in [0, 0.1) is 0 Å². The highest BCUT2D eigenvalue weighted by Gasteiger charge is 2.11. The monoisotopic (exact) mass is 436 g/mol. The van der Waals surface area contributed by atoms with Crippen LogP contribution in [0.25, 0.3) is 0 Å². The zero-order valence-electron chi connectivity index (χ0n) is 19.7. The van der Waals surface area contributed by atoms with Crippen molar-refractivity contribution in [2.45, 2.75) is 90.6 Å². The topological polar surface area (TPSA) is 86.3 Å². The minimum absolute atomic E-state index is 0.0707. The van der Waals surface area contributed by atoms with Crippen LogP contribution in [0.15, 0.2) is 29.4 Å². The molecule has 3 N–H and O–H groups in total. The lowest BCUT2D eigenvalue weighted by atomic mass is 10.1. The van der Waals surface area contributed by atoms with E-state index in [1.807, 2.05) is 24.3 Å². The molecule has 0 aliphatic heterocycles. The van der Waals surface area contributed by atoms with Crippen molar-refractivity contribution >= 4 is 5.84 Å². The quantitative estimate of drug-likeness (QED) is 0.0900. The first-order valence-electron chi connectivity index (χ1n) is 12.1. The van der Waals surface area contributed by atoms with Crippen molar-refractivity contribution in [3.63, 3.8) is 0 Å². The molecule has 0 saturated carbocycles. The summed E-state index contributed by atoms with van der Waals surface area (Å²) >= 11 is 0. The second kappa shape index (κ2) is 18.9. The molecule has 1 atom stereocenters. The Bertz CT molecular complexity index is 563. The fourth-order valence-electron chi connectivity index (χ4n) is 3.26. The number of hydrogen-bond acceptors (Lipinski definition) is 5. The molecular weight excluding hydrogens is 392 g/mol. The summed E-state index contributed by atoms with van der Waals surface area (Å²) in [5, 5.41) is 11.7. The number of nitrogens with zero attached hydrogens (tertiary/aromatic N) is 1. The maximum atomic E-state index is 8.68. The molecule has 1 rings (SSSR count). The molecule has 0 radical (unpaired) electrons. The minimum atomic E-state index is -0.0707. The third-order valence-corrected chi connectivity index (χ3v) is 5.17. The molecule has 0 heterocycles. The van der Waals surface area contributed by atoms with Gasteiger partial charge in [-0.25, -0.2) is 0 Å². The van der Waals surface area contributed by atoms with Crippen molar-refractivity contribution in [2.24, 2.45) is 10.9 Å². The Morgan fingerprint density at radius 3 is 2.10 bits per heavy atom. The highest BCUT2D eigenvalue weighted by Crippen LogP contribution is 2.14. The smallest absolute Gasteiger partial charge is 0.143 e. The fourth-order valence-corrected chi connectivity index (χ4v) is 3.26. The number of nitrogens with two attached hydrogens (primary N) is 1. The first-order chi connectivity index (χ1) is 15.2. The fraction of sp³-hybridized carbons (Fsp3) is 0.720. The SMILES string of the molecule is CCCCCCCOCC(COc1ccc(C/C(N)=N/O)cc1)OCCCCCCC. The van der Waals surface area contributed by atoms with E-state index in [0.717, 1.165) is 37.4 Å². The van der Waals surface area contributed by atoms with Crippen molar-refractivity contribution in [2.75, 3.05) is 26.4 Å². The second-order valence-electron chi connectivity index (χ2n) is 8.12. The zero-order chi connectivity index (χ0) is 22.6. The first-order valence-corrected chi connectivity index (χ1v) is 12.1. The summed E-state index contributed by atoms with van der Waals surface area (Å²) in [6, 6.07) is 7.64. The van der Waals surface area contributed by atoms with E-state index in [-0.39, 0.29) is 11.9 Å². The van der Waals surface area contributed by atoms with Crippen LogP contribution in [0.3, 0.4) is 0 Å². The molecule has 0 aliphatic rings. The Balaban J connectivity index is 2.38. The van der Waals surface area contributed by atoms with Crippen molar-refractivity contribution in [1.82, 2.24) is 0 Å². The van der Waals surface area contributed by atoms with Crippen LogP contribution >= 0.6 is 0 Å². The maximum Gasteiger partial charge on any atom is 0.143 e. The molecule has 6 nitrogen and oxygen atoms in total. The van der Waals surface area contributed by atoms with E-state index in [1.165, 1.54) is 51.4 Å². The van der Waals surface area contributed by atoms with Gasteiger partial charge >= 0.3 is 0 Å². The van der Waals surface area contributed by atoms with Crippen LogP contribution in [0.5, 0.6) is 5.75 Å². The van der Waals surface area contributed by atoms with Gasteiger partial charge in [-0.2, -0.15) is 0 Å². The molecule has 1 aromatic rings. The van der Waals surface area contributed by atoms with E-state index in [0.29, 0.717) is 19.6 Å². The highest BCUT2D eigenvalue weighted by molar-refractivity contribution is 5.82. The number of ether oxygens (including phenoxy) is 3. The van der Waals surface area contributed by atoms with Gasteiger partial charge in [0.2, 0.25) is 0 Å². The number of amidine groups is 1. The molecule has 1 unspecified atom stereocenters. The van der Waals surface area contributed by atoms with Gasteiger partial charge in [0, 0.05) is 19.6 Å². The molecule has 0 fully saturated rings. The molecule has 0 aromatic heterocycles. The minimum Gasteiger partial charge on any atom is -0.491 e. The summed E-state index contributed by atoms with van der Waals surface area (Å²) in [4.78, 5) is 0. The van der Waals surface area contributed by atoms with Crippen molar-refractivity contribution < 1.29 is 19.4 Å². The van der Waals surface area contributed by atoms with Gasteiger partial charge in [0.25, 0.3) is 0 Å². The third-order valence-electron chi connectivity index (χ3n) is 5.17. The Kier molecular flexibility index (Phi) is 16.6. The summed E-state index contributed by atoms with van der Waals surface area (Å²) in [6.07, 6.45) is 12.6. The van der Waals surface area contributed by atoms with E-state index in [1.54, 1.807) is 0 Å². The number of unbranched alkanes of at least 4 members (excludes halogenated alkanes) is 8. The molecule has 178 valence electrons. The van der Waals surface area contributed by atoms with Gasteiger partial charge in [-0.3, -0.25) is 0 Å². The van der Waals surface area contributed by atoms with Gasteiger partial charge in [0.1, 0.15) is 24.3 Å². The van der Waals surface area contributed by atoms with Crippen LogP contribution in [-0.2, 0) is 15.9 Å². The van der Waals surface area contributed by atoms with Gasteiger partial charge in [0.15, 0.2) is 0 Å². The van der Waals surface area contributed by atoms with E-state index in [2.05, 4.69) is 19.0 Å². The molecule has 0 bridgehead atoms. The van der Waals surface area contributed by atoms with Crippen LogP contribution in [0.1, 0.15) is 83.6 Å². The molecular formula is C25H44N2O4. The highest BCUT2D eigenvalue weighted by atomic mass is 16.6. The Morgan fingerprint density at radius 1 is 0.871 bits per heavy atom. The third kappa shape index (κ3) is 14.8. The second-order valence-corrected chi connectivity index (χ2v) is 8.12. The normalized spacial score (nSPS) is 12.8. The Labute approximate surface area is 189 Å². The zero-order valence-corrected chi connectivity index (χ0v) is 19.7. The summed E-state index contributed by atoms with van der Waals surface area (Å²) in [7, 11) is 0. The Hall–Kier alpha value is -1.79. The van der Waals surface area contributed by atoms with E-state index in [9.17, 15) is 0 Å². The van der Waals surface area contributed by atoms with Crippen LogP contribution in [0.4, 0.5) is 0 Å². The van der Waals surface area contributed by atoms with Gasteiger partial charge < -0.3 is 25.2 Å². The maximum absolute atomic E-state index is 8.68. The molecule has 0 spiro atoms. The molecule has 0 aliphatic carbocycles. The summed E-state index contributed by atoms with van der Waals surface area (Å²) in [5.41, 5.74) is 6.52. The van der Waals surface area contributed by atoms with Crippen LogP contribution < -0.4 is 10.5 Å². The molecule has 0 saturated heterocycles. The van der Waals surface area contributed by atoms with Crippen molar-refractivity contribution in [3.8, 4) is 5.75 Å². The van der Waals surface area contributed by atoms with Crippen LogP contribution in [0.2, 0.25) is 0 Å². The standard InChI is InChI=1S/C25H44N2O4/c1-3-5-7-9-11-17-29-20-24(30-18-12-10-8-6-4-2)21-31-23-15-13-22(14-16-23)19-25(26)27-28/h13-16,24,28H,3-12,17-21H2,1-2H3,(H2,26,27). The summed E-state index contributed by atoms with van der Waals surface area (Å²) in [6.45, 7) is 7.01. The number of rotatable bonds is 20. The Morgan fingerprint density at radius 2 is 1.48 bits per heavy atom. The van der Waals surface area contributed by atoms with E-state index in [4.69, 9.17) is 25.2 Å². The van der Waals surface area contributed by atoms with E-state index < -0.39 is 0 Å².